The van der Waals surface area contributed by atoms with Gasteiger partial charge in [0.05, 0.1) is 0 Å². The maximum atomic E-state index is 11.5. The number of rotatable bonds is 1. The molecule has 0 N–H and O–H groups in total. The number of carbonyl (C=O) groups is 1. The Labute approximate surface area is 80.2 Å². The molecule has 0 aromatic heterocycles. The molecule has 0 saturated heterocycles. The van der Waals surface area contributed by atoms with Crippen molar-refractivity contribution in [3.05, 3.63) is 11.6 Å². The molecule has 0 heterocycles. The van der Waals surface area contributed by atoms with Crippen molar-refractivity contribution in [2.45, 2.75) is 51.9 Å². The van der Waals surface area contributed by atoms with Crippen LogP contribution in [0.3, 0.4) is 0 Å². The molecule has 0 aromatic rings. The monoisotopic (exact) mass is 178 g/mol. The first-order valence-corrected chi connectivity index (χ1v) is 5.48. The second-order valence-corrected chi connectivity index (χ2v) is 4.47. The quantitative estimate of drug-likeness (QED) is 0.563. The van der Waals surface area contributed by atoms with E-state index in [9.17, 15) is 4.79 Å². The largest absolute Gasteiger partial charge is 0.300 e. The van der Waals surface area contributed by atoms with Gasteiger partial charge in [0.25, 0.3) is 0 Å². The highest BCUT2D eigenvalue weighted by molar-refractivity contribution is 5.81. The van der Waals surface area contributed by atoms with E-state index >= 15 is 0 Å². The van der Waals surface area contributed by atoms with Gasteiger partial charge in [0.1, 0.15) is 5.78 Å². The first kappa shape index (κ1) is 8.98. The van der Waals surface area contributed by atoms with E-state index in [2.05, 4.69) is 13.0 Å². The lowest BCUT2D eigenvalue weighted by molar-refractivity contribution is -0.122. The molecule has 1 unspecified atom stereocenters. The van der Waals surface area contributed by atoms with Gasteiger partial charge < -0.3 is 0 Å². The standard InChI is InChI=1S/C12H18O/c1-2-12-8-4-3-5-10(12)6-7-11(13)9-12/h5H,2-4,6-9H2,1H3. The second kappa shape index (κ2) is 3.28. The molecule has 2 rings (SSSR count). The van der Waals surface area contributed by atoms with Gasteiger partial charge in [-0.25, -0.2) is 0 Å². The van der Waals surface area contributed by atoms with Crippen molar-refractivity contribution in [1.82, 2.24) is 0 Å². The zero-order chi connectivity index (χ0) is 9.31. The Balaban J connectivity index is 2.28. The van der Waals surface area contributed by atoms with E-state index in [-0.39, 0.29) is 0 Å². The molecule has 1 heteroatoms. The first-order valence-electron chi connectivity index (χ1n) is 5.48. The van der Waals surface area contributed by atoms with Crippen LogP contribution in [0.2, 0.25) is 0 Å². The highest BCUT2D eigenvalue weighted by Crippen LogP contribution is 2.48. The van der Waals surface area contributed by atoms with E-state index in [4.69, 9.17) is 0 Å². The van der Waals surface area contributed by atoms with Crippen LogP contribution in [-0.2, 0) is 4.79 Å². The number of carbonyl (C=O) groups excluding carboxylic acids is 1. The molecule has 1 atom stereocenters. The van der Waals surface area contributed by atoms with Crippen LogP contribution >= 0.6 is 0 Å². The zero-order valence-corrected chi connectivity index (χ0v) is 8.44. The Morgan fingerprint density at radius 1 is 1.46 bits per heavy atom. The lowest BCUT2D eigenvalue weighted by atomic mass is 9.63. The number of allylic oxidation sites excluding steroid dienone is 2. The second-order valence-electron chi connectivity index (χ2n) is 4.47. The van der Waals surface area contributed by atoms with Crippen molar-refractivity contribution in [2.75, 3.05) is 0 Å². The molecule has 1 nitrogen and oxygen atoms in total. The molecule has 1 fully saturated rings. The zero-order valence-electron chi connectivity index (χ0n) is 8.44. The summed E-state index contributed by atoms with van der Waals surface area (Å²) in [6, 6.07) is 0. The van der Waals surface area contributed by atoms with Crippen LogP contribution in [0.15, 0.2) is 11.6 Å². The molecular weight excluding hydrogens is 160 g/mol. The summed E-state index contributed by atoms with van der Waals surface area (Å²) >= 11 is 0. The summed E-state index contributed by atoms with van der Waals surface area (Å²) in [7, 11) is 0. The summed E-state index contributed by atoms with van der Waals surface area (Å²) in [5.74, 6) is 0.487. The van der Waals surface area contributed by atoms with Crippen LogP contribution in [0.5, 0.6) is 0 Å². The van der Waals surface area contributed by atoms with Crippen molar-refractivity contribution in [2.24, 2.45) is 5.41 Å². The van der Waals surface area contributed by atoms with Gasteiger partial charge in [-0.3, -0.25) is 4.79 Å². The lowest BCUT2D eigenvalue weighted by Gasteiger charge is -2.41. The summed E-state index contributed by atoms with van der Waals surface area (Å²) in [6.45, 7) is 2.23. The molecule has 0 radical (unpaired) electrons. The normalized spacial score (nSPS) is 33.9. The Hall–Kier alpha value is -0.590. The Morgan fingerprint density at radius 3 is 3.08 bits per heavy atom. The summed E-state index contributed by atoms with van der Waals surface area (Å²) in [5, 5.41) is 0. The third-order valence-corrected chi connectivity index (χ3v) is 3.82. The summed E-state index contributed by atoms with van der Waals surface area (Å²) < 4.78 is 0. The summed E-state index contributed by atoms with van der Waals surface area (Å²) in [5.41, 5.74) is 1.90. The van der Waals surface area contributed by atoms with Crippen LogP contribution in [0.4, 0.5) is 0 Å². The molecule has 0 amide bonds. The summed E-state index contributed by atoms with van der Waals surface area (Å²) in [6.07, 6.45) is 10.0. The average molecular weight is 178 g/mol. The van der Waals surface area contributed by atoms with Gasteiger partial charge in [0.2, 0.25) is 0 Å². The fraction of sp³-hybridized carbons (Fsp3) is 0.750. The topological polar surface area (TPSA) is 17.1 Å². The average Bonchev–Trinajstić information content (AvgIpc) is 2.17. The minimum absolute atomic E-state index is 0.299. The van der Waals surface area contributed by atoms with Crippen molar-refractivity contribution >= 4 is 5.78 Å². The van der Waals surface area contributed by atoms with Gasteiger partial charge in [-0.1, -0.05) is 18.6 Å². The molecule has 13 heavy (non-hydrogen) atoms. The van der Waals surface area contributed by atoms with E-state index in [1.54, 1.807) is 5.57 Å². The van der Waals surface area contributed by atoms with Crippen LogP contribution in [-0.4, -0.2) is 5.78 Å². The molecule has 1 saturated carbocycles. The van der Waals surface area contributed by atoms with Crippen molar-refractivity contribution in [3.8, 4) is 0 Å². The summed E-state index contributed by atoms with van der Waals surface area (Å²) in [4.78, 5) is 11.5. The van der Waals surface area contributed by atoms with E-state index in [0.29, 0.717) is 11.2 Å². The SMILES string of the molecule is CCC12CCCC=C1CCC(=O)C2. The molecule has 0 bridgehead atoms. The van der Waals surface area contributed by atoms with Gasteiger partial charge in [0, 0.05) is 12.8 Å². The van der Waals surface area contributed by atoms with Crippen LogP contribution < -0.4 is 0 Å². The van der Waals surface area contributed by atoms with E-state index < -0.39 is 0 Å². The van der Waals surface area contributed by atoms with E-state index in [1.165, 1.54) is 19.3 Å². The molecule has 2 aliphatic carbocycles. The predicted octanol–water partition coefficient (Wildman–Crippen LogP) is 3.25. The number of hydrogen-bond donors (Lipinski definition) is 0. The number of hydrogen-bond acceptors (Lipinski definition) is 1. The van der Waals surface area contributed by atoms with Crippen LogP contribution in [0.25, 0.3) is 0 Å². The maximum absolute atomic E-state index is 11.5. The van der Waals surface area contributed by atoms with Crippen molar-refractivity contribution in [1.29, 1.82) is 0 Å². The molecule has 0 aliphatic heterocycles. The predicted molar refractivity (Wildman–Crippen MR) is 53.5 cm³/mol. The van der Waals surface area contributed by atoms with E-state index in [1.807, 2.05) is 0 Å². The molecule has 0 aromatic carbocycles. The Kier molecular flexibility index (Phi) is 2.27. The minimum atomic E-state index is 0.299. The fourth-order valence-electron chi connectivity index (χ4n) is 2.93. The highest BCUT2D eigenvalue weighted by atomic mass is 16.1. The number of fused-ring (bicyclic) bond motifs is 1. The van der Waals surface area contributed by atoms with Gasteiger partial charge in [-0.2, -0.15) is 0 Å². The fourth-order valence-corrected chi connectivity index (χ4v) is 2.93. The molecular formula is C12H18O. The third kappa shape index (κ3) is 1.45. The smallest absolute Gasteiger partial charge is 0.134 e. The van der Waals surface area contributed by atoms with Gasteiger partial charge >= 0.3 is 0 Å². The van der Waals surface area contributed by atoms with Crippen LogP contribution in [0, 0.1) is 5.41 Å². The van der Waals surface area contributed by atoms with Gasteiger partial charge in [0.15, 0.2) is 0 Å². The molecule has 72 valence electrons. The van der Waals surface area contributed by atoms with Crippen LogP contribution in [0.1, 0.15) is 51.9 Å². The Morgan fingerprint density at radius 2 is 2.31 bits per heavy atom. The van der Waals surface area contributed by atoms with Gasteiger partial charge in [-0.15, -0.1) is 0 Å². The van der Waals surface area contributed by atoms with E-state index in [0.717, 1.165) is 25.7 Å². The van der Waals surface area contributed by atoms with Crippen molar-refractivity contribution < 1.29 is 4.79 Å². The highest BCUT2D eigenvalue weighted by Gasteiger charge is 2.38. The molecule has 2 aliphatic rings. The lowest BCUT2D eigenvalue weighted by Crippen LogP contribution is -2.32. The first-order chi connectivity index (χ1) is 6.27. The number of Topliss-reactive ketones (excluding diaryl/α,β-unsaturated/α-hetero) is 1. The minimum Gasteiger partial charge on any atom is -0.300 e. The number of ketones is 1. The van der Waals surface area contributed by atoms with Gasteiger partial charge in [-0.05, 0) is 37.5 Å². The van der Waals surface area contributed by atoms with Crippen molar-refractivity contribution in [3.63, 3.8) is 0 Å². The maximum Gasteiger partial charge on any atom is 0.134 e. The molecule has 0 spiro atoms. The Bertz CT molecular complexity index is 252. The third-order valence-electron chi connectivity index (χ3n) is 3.82.